The van der Waals surface area contributed by atoms with E-state index in [1.165, 1.54) is 51.4 Å². The Labute approximate surface area is 83.3 Å². The minimum Gasteiger partial charge on any atom is -0.317 e. The third-order valence-corrected chi connectivity index (χ3v) is 3.41. The molecule has 1 nitrogen and oxygen atoms in total. The first kappa shape index (κ1) is 11.0. The Morgan fingerprint density at radius 1 is 0.846 bits per heavy atom. The standard InChI is InChI=1S/C12H25N/c1-11-7-3-5-9-12(13-2)10-6-4-8-11/h11-13H,3-10H2,1-2H3. The van der Waals surface area contributed by atoms with E-state index in [2.05, 4.69) is 19.3 Å². The number of rotatable bonds is 1. The maximum absolute atomic E-state index is 3.43. The van der Waals surface area contributed by atoms with Crippen LogP contribution in [0.4, 0.5) is 0 Å². The van der Waals surface area contributed by atoms with Gasteiger partial charge < -0.3 is 5.32 Å². The lowest BCUT2D eigenvalue weighted by Gasteiger charge is -2.19. The van der Waals surface area contributed by atoms with Crippen molar-refractivity contribution in [3.8, 4) is 0 Å². The Morgan fingerprint density at radius 3 is 1.77 bits per heavy atom. The first-order valence-corrected chi connectivity index (χ1v) is 6.00. The fourth-order valence-electron chi connectivity index (χ4n) is 2.34. The van der Waals surface area contributed by atoms with Crippen molar-refractivity contribution in [1.82, 2.24) is 5.32 Å². The molecule has 78 valence electrons. The second-order valence-corrected chi connectivity index (χ2v) is 4.66. The summed E-state index contributed by atoms with van der Waals surface area (Å²) >= 11 is 0. The summed E-state index contributed by atoms with van der Waals surface area (Å²) in [5.74, 6) is 0.978. The van der Waals surface area contributed by atoms with Gasteiger partial charge in [-0.05, 0) is 25.8 Å². The molecule has 0 aromatic rings. The molecule has 1 aliphatic carbocycles. The minimum atomic E-state index is 0.799. The Kier molecular flexibility index (Phi) is 5.45. The van der Waals surface area contributed by atoms with E-state index in [-0.39, 0.29) is 0 Å². The predicted molar refractivity (Wildman–Crippen MR) is 58.9 cm³/mol. The fourth-order valence-corrected chi connectivity index (χ4v) is 2.34. The average Bonchev–Trinajstić information content (AvgIpc) is 2.16. The van der Waals surface area contributed by atoms with Crippen LogP contribution in [0.2, 0.25) is 0 Å². The molecule has 1 aliphatic rings. The van der Waals surface area contributed by atoms with E-state index in [1.807, 2.05) is 0 Å². The molecule has 0 bridgehead atoms. The Morgan fingerprint density at radius 2 is 1.31 bits per heavy atom. The predicted octanol–water partition coefficient (Wildman–Crippen LogP) is 3.34. The van der Waals surface area contributed by atoms with Gasteiger partial charge in [-0.3, -0.25) is 0 Å². The highest BCUT2D eigenvalue weighted by Gasteiger charge is 2.09. The van der Waals surface area contributed by atoms with Crippen LogP contribution in [0.5, 0.6) is 0 Å². The first-order valence-electron chi connectivity index (χ1n) is 6.00. The highest BCUT2D eigenvalue weighted by molar-refractivity contribution is 4.67. The van der Waals surface area contributed by atoms with Gasteiger partial charge in [0.2, 0.25) is 0 Å². The smallest absolute Gasteiger partial charge is 0.00640 e. The zero-order valence-electron chi connectivity index (χ0n) is 9.31. The normalized spacial score (nSPS) is 32.8. The van der Waals surface area contributed by atoms with Crippen LogP contribution in [0.15, 0.2) is 0 Å². The lowest BCUT2D eigenvalue weighted by Crippen LogP contribution is -2.25. The van der Waals surface area contributed by atoms with Gasteiger partial charge in [0.15, 0.2) is 0 Å². The monoisotopic (exact) mass is 183 g/mol. The summed E-state index contributed by atoms with van der Waals surface area (Å²) in [5.41, 5.74) is 0. The Balaban J connectivity index is 2.24. The molecule has 0 aliphatic heterocycles. The molecule has 1 saturated carbocycles. The van der Waals surface area contributed by atoms with Crippen molar-refractivity contribution in [1.29, 1.82) is 0 Å². The third kappa shape index (κ3) is 4.66. The molecule has 0 radical (unpaired) electrons. The molecule has 0 atom stereocenters. The van der Waals surface area contributed by atoms with E-state index >= 15 is 0 Å². The number of hydrogen-bond acceptors (Lipinski definition) is 1. The van der Waals surface area contributed by atoms with Gasteiger partial charge in [-0.15, -0.1) is 0 Å². The molecule has 0 amide bonds. The van der Waals surface area contributed by atoms with Crippen LogP contribution in [0, 0.1) is 5.92 Å². The molecular formula is C12H25N. The summed E-state index contributed by atoms with van der Waals surface area (Å²) < 4.78 is 0. The van der Waals surface area contributed by atoms with Gasteiger partial charge in [0.05, 0.1) is 0 Å². The molecule has 0 spiro atoms. The zero-order chi connectivity index (χ0) is 9.52. The molecule has 1 fully saturated rings. The third-order valence-electron chi connectivity index (χ3n) is 3.41. The summed E-state index contributed by atoms with van der Waals surface area (Å²) in [6.45, 7) is 2.41. The molecule has 0 aromatic heterocycles. The maximum atomic E-state index is 3.43. The van der Waals surface area contributed by atoms with Crippen molar-refractivity contribution in [3.63, 3.8) is 0 Å². The summed E-state index contributed by atoms with van der Waals surface area (Å²) in [6, 6.07) is 0.799. The number of hydrogen-bond donors (Lipinski definition) is 1. The van der Waals surface area contributed by atoms with Crippen LogP contribution in [0.3, 0.4) is 0 Å². The Bertz CT molecular complexity index is 110. The van der Waals surface area contributed by atoms with Crippen LogP contribution in [-0.4, -0.2) is 13.1 Å². The van der Waals surface area contributed by atoms with Gasteiger partial charge in [-0.25, -0.2) is 0 Å². The lowest BCUT2D eigenvalue weighted by atomic mass is 9.92. The van der Waals surface area contributed by atoms with E-state index in [0.29, 0.717) is 0 Å². The van der Waals surface area contributed by atoms with Gasteiger partial charge in [0, 0.05) is 6.04 Å². The van der Waals surface area contributed by atoms with Crippen LogP contribution in [0.25, 0.3) is 0 Å². The largest absolute Gasteiger partial charge is 0.317 e. The highest BCUT2D eigenvalue weighted by Crippen LogP contribution is 2.20. The molecule has 0 saturated heterocycles. The lowest BCUT2D eigenvalue weighted by molar-refractivity contribution is 0.375. The van der Waals surface area contributed by atoms with E-state index in [0.717, 1.165) is 12.0 Å². The molecule has 1 heteroatoms. The van der Waals surface area contributed by atoms with Gasteiger partial charge in [0.1, 0.15) is 0 Å². The van der Waals surface area contributed by atoms with Gasteiger partial charge in [-0.2, -0.15) is 0 Å². The average molecular weight is 183 g/mol. The van der Waals surface area contributed by atoms with Crippen LogP contribution in [-0.2, 0) is 0 Å². The van der Waals surface area contributed by atoms with E-state index < -0.39 is 0 Å². The molecule has 0 heterocycles. The van der Waals surface area contributed by atoms with Crippen molar-refractivity contribution >= 4 is 0 Å². The number of nitrogens with one attached hydrogen (secondary N) is 1. The van der Waals surface area contributed by atoms with E-state index in [1.54, 1.807) is 0 Å². The molecule has 1 rings (SSSR count). The van der Waals surface area contributed by atoms with Crippen molar-refractivity contribution < 1.29 is 0 Å². The van der Waals surface area contributed by atoms with Gasteiger partial charge in [-0.1, -0.05) is 45.4 Å². The van der Waals surface area contributed by atoms with E-state index in [4.69, 9.17) is 0 Å². The van der Waals surface area contributed by atoms with Crippen molar-refractivity contribution in [2.75, 3.05) is 7.05 Å². The highest BCUT2D eigenvalue weighted by atomic mass is 14.9. The van der Waals surface area contributed by atoms with Crippen molar-refractivity contribution in [2.24, 2.45) is 5.92 Å². The van der Waals surface area contributed by atoms with Gasteiger partial charge in [0.25, 0.3) is 0 Å². The summed E-state index contributed by atoms with van der Waals surface area (Å²) in [5, 5.41) is 3.43. The van der Waals surface area contributed by atoms with Crippen LogP contribution < -0.4 is 5.32 Å². The second-order valence-electron chi connectivity index (χ2n) is 4.66. The quantitative estimate of drug-likeness (QED) is 0.657. The van der Waals surface area contributed by atoms with E-state index in [9.17, 15) is 0 Å². The second kappa shape index (κ2) is 6.42. The van der Waals surface area contributed by atoms with Gasteiger partial charge >= 0.3 is 0 Å². The molecule has 0 unspecified atom stereocenters. The fraction of sp³-hybridized carbons (Fsp3) is 1.00. The van der Waals surface area contributed by atoms with Crippen molar-refractivity contribution in [3.05, 3.63) is 0 Å². The molecule has 0 aromatic carbocycles. The molecular weight excluding hydrogens is 158 g/mol. The SMILES string of the molecule is CNC1CCCCC(C)CCCC1. The zero-order valence-corrected chi connectivity index (χ0v) is 9.31. The maximum Gasteiger partial charge on any atom is 0.00640 e. The minimum absolute atomic E-state index is 0.799. The first-order chi connectivity index (χ1) is 6.33. The van der Waals surface area contributed by atoms with Crippen molar-refractivity contribution in [2.45, 2.75) is 64.3 Å². The summed E-state index contributed by atoms with van der Waals surface area (Å²) in [6.07, 6.45) is 11.4. The van der Waals surface area contributed by atoms with Crippen LogP contribution >= 0.6 is 0 Å². The topological polar surface area (TPSA) is 12.0 Å². The Hall–Kier alpha value is -0.0400. The van der Waals surface area contributed by atoms with Crippen LogP contribution in [0.1, 0.15) is 58.3 Å². The summed E-state index contributed by atoms with van der Waals surface area (Å²) in [7, 11) is 2.11. The molecule has 13 heavy (non-hydrogen) atoms. The molecule has 1 N–H and O–H groups in total. The summed E-state index contributed by atoms with van der Waals surface area (Å²) in [4.78, 5) is 0.